The predicted octanol–water partition coefficient (Wildman–Crippen LogP) is 4.02. The van der Waals surface area contributed by atoms with Crippen LogP contribution in [0.2, 0.25) is 0 Å². The second-order valence-electron chi connectivity index (χ2n) is 3.75. The second kappa shape index (κ2) is 11.3. The molecular formula is C12H26BrNS. The van der Waals surface area contributed by atoms with Gasteiger partial charge in [0.25, 0.3) is 0 Å². The van der Waals surface area contributed by atoms with Gasteiger partial charge in [0.15, 0.2) is 0 Å². The zero-order chi connectivity index (χ0) is 11.5. The van der Waals surface area contributed by atoms with E-state index in [0.29, 0.717) is 0 Å². The molecule has 0 heterocycles. The fraction of sp³-hybridized carbons (Fsp3) is 1.00. The molecule has 0 saturated heterocycles. The van der Waals surface area contributed by atoms with Crippen molar-refractivity contribution in [3.8, 4) is 0 Å². The van der Waals surface area contributed by atoms with E-state index in [1.165, 1.54) is 43.9 Å². The Kier molecular flexibility index (Phi) is 11.9. The molecule has 0 unspecified atom stereocenters. The van der Waals surface area contributed by atoms with Crippen molar-refractivity contribution in [1.82, 2.24) is 4.90 Å². The lowest BCUT2D eigenvalue weighted by Gasteiger charge is -2.29. The first-order chi connectivity index (χ1) is 7.29. The van der Waals surface area contributed by atoms with E-state index in [1.54, 1.807) is 0 Å². The third-order valence-electron chi connectivity index (χ3n) is 2.77. The van der Waals surface area contributed by atoms with Gasteiger partial charge in [0.05, 0.1) is 0 Å². The number of nitrogens with zero attached hydrogens (tertiary/aromatic N) is 1. The van der Waals surface area contributed by atoms with Crippen molar-refractivity contribution in [2.75, 3.05) is 29.9 Å². The van der Waals surface area contributed by atoms with E-state index in [9.17, 15) is 0 Å². The van der Waals surface area contributed by atoms with Gasteiger partial charge < -0.3 is 0 Å². The van der Waals surface area contributed by atoms with Gasteiger partial charge in [-0.05, 0) is 37.3 Å². The third kappa shape index (κ3) is 7.64. The summed E-state index contributed by atoms with van der Waals surface area (Å²) in [6.07, 6.45) is 3.90. The molecule has 0 aromatic carbocycles. The lowest BCUT2D eigenvalue weighted by molar-refractivity contribution is 0.198. The van der Waals surface area contributed by atoms with Crippen molar-refractivity contribution in [2.24, 2.45) is 0 Å². The highest BCUT2D eigenvalue weighted by atomic mass is 79.9. The summed E-state index contributed by atoms with van der Waals surface area (Å²) >= 11 is 5.61. The lowest BCUT2D eigenvalue weighted by atomic mass is 10.1. The van der Waals surface area contributed by atoms with Crippen LogP contribution in [0, 0.1) is 0 Å². The SMILES string of the molecule is CCSCCCN(CCBr)C(CC)CC. The molecule has 15 heavy (non-hydrogen) atoms. The van der Waals surface area contributed by atoms with Crippen LogP contribution >= 0.6 is 27.7 Å². The first kappa shape index (κ1) is 15.8. The number of rotatable bonds is 10. The largest absolute Gasteiger partial charge is 0.300 e. The summed E-state index contributed by atoms with van der Waals surface area (Å²) in [5.41, 5.74) is 0. The minimum absolute atomic E-state index is 0.786. The first-order valence-electron chi connectivity index (χ1n) is 6.17. The Bertz CT molecular complexity index is 129. The molecule has 0 aliphatic carbocycles. The first-order valence-corrected chi connectivity index (χ1v) is 8.45. The molecule has 0 fully saturated rings. The van der Waals surface area contributed by atoms with Crippen molar-refractivity contribution in [2.45, 2.75) is 46.1 Å². The molecule has 0 aliphatic heterocycles. The van der Waals surface area contributed by atoms with Crippen molar-refractivity contribution in [1.29, 1.82) is 0 Å². The van der Waals surface area contributed by atoms with E-state index in [0.717, 1.165) is 11.4 Å². The van der Waals surface area contributed by atoms with Gasteiger partial charge in [0, 0.05) is 17.9 Å². The van der Waals surface area contributed by atoms with Crippen LogP contribution in [0.15, 0.2) is 0 Å². The topological polar surface area (TPSA) is 3.24 Å². The normalized spacial score (nSPS) is 11.6. The van der Waals surface area contributed by atoms with Gasteiger partial charge in [-0.2, -0.15) is 11.8 Å². The highest BCUT2D eigenvalue weighted by Crippen LogP contribution is 2.11. The molecule has 0 aromatic heterocycles. The predicted molar refractivity (Wildman–Crippen MR) is 77.4 cm³/mol. The molecule has 0 spiro atoms. The number of alkyl halides is 1. The second-order valence-corrected chi connectivity index (χ2v) is 5.93. The Labute approximate surface area is 109 Å². The summed E-state index contributed by atoms with van der Waals surface area (Å²) in [4.78, 5) is 2.64. The van der Waals surface area contributed by atoms with Crippen LogP contribution in [0.4, 0.5) is 0 Å². The molecule has 0 saturated carbocycles. The minimum Gasteiger partial charge on any atom is -0.300 e. The lowest BCUT2D eigenvalue weighted by Crippen LogP contribution is -2.36. The Morgan fingerprint density at radius 3 is 2.27 bits per heavy atom. The van der Waals surface area contributed by atoms with Gasteiger partial charge in [-0.1, -0.05) is 36.7 Å². The van der Waals surface area contributed by atoms with E-state index in [2.05, 4.69) is 53.4 Å². The number of hydrogen-bond acceptors (Lipinski definition) is 2. The van der Waals surface area contributed by atoms with Crippen LogP contribution in [0.5, 0.6) is 0 Å². The maximum Gasteiger partial charge on any atom is 0.0159 e. The quantitative estimate of drug-likeness (QED) is 0.442. The van der Waals surface area contributed by atoms with E-state index in [4.69, 9.17) is 0 Å². The van der Waals surface area contributed by atoms with Crippen molar-refractivity contribution in [3.63, 3.8) is 0 Å². The summed E-state index contributed by atoms with van der Waals surface area (Å²) < 4.78 is 0. The molecule has 0 rings (SSSR count). The van der Waals surface area contributed by atoms with Gasteiger partial charge in [0.2, 0.25) is 0 Å². The molecule has 0 aromatic rings. The van der Waals surface area contributed by atoms with Gasteiger partial charge in [-0.3, -0.25) is 4.90 Å². The monoisotopic (exact) mass is 295 g/mol. The zero-order valence-electron chi connectivity index (χ0n) is 10.5. The molecule has 0 amide bonds. The van der Waals surface area contributed by atoms with Crippen molar-refractivity contribution in [3.05, 3.63) is 0 Å². The molecule has 3 heteroatoms. The summed E-state index contributed by atoms with van der Waals surface area (Å²) in [6.45, 7) is 9.31. The van der Waals surface area contributed by atoms with Crippen LogP contribution in [-0.4, -0.2) is 40.9 Å². The van der Waals surface area contributed by atoms with Gasteiger partial charge in [-0.15, -0.1) is 0 Å². The van der Waals surface area contributed by atoms with E-state index >= 15 is 0 Å². The van der Waals surface area contributed by atoms with Crippen LogP contribution in [0.3, 0.4) is 0 Å². The smallest absolute Gasteiger partial charge is 0.0159 e. The highest BCUT2D eigenvalue weighted by Gasteiger charge is 2.13. The number of halogens is 1. The Morgan fingerprint density at radius 1 is 1.13 bits per heavy atom. The third-order valence-corrected chi connectivity index (χ3v) is 4.11. The highest BCUT2D eigenvalue weighted by molar-refractivity contribution is 9.09. The molecule has 0 radical (unpaired) electrons. The van der Waals surface area contributed by atoms with Crippen molar-refractivity contribution < 1.29 is 0 Å². The number of hydrogen-bond donors (Lipinski definition) is 0. The van der Waals surface area contributed by atoms with Crippen molar-refractivity contribution >= 4 is 27.7 Å². The molecule has 1 nitrogen and oxygen atoms in total. The summed E-state index contributed by atoms with van der Waals surface area (Å²) in [7, 11) is 0. The van der Waals surface area contributed by atoms with E-state index in [1.807, 2.05) is 0 Å². The maximum absolute atomic E-state index is 3.55. The number of thioether (sulfide) groups is 1. The maximum atomic E-state index is 3.55. The zero-order valence-corrected chi connectivity index (χ0v) is 12.9. The van der Waals surface area contributed by atoms with E-state index in [-0.39, 0.29) is 0 Å². The standard InChI is InChI=1S/C12H26BrNS/c1-4-12(5-2)14(10-8-13)9-7-11-15-6-3/h12H,4-11H2,1-3H3. The summed E-state index contributed by atoms with van der Waals surface area (Å²) in [5, 5.41) is 1.10. The molecule has 0 atom stereocenters. The van der Waals surface area contributed by atoms with Gasteiger partial charge in [-0.25, -0.2) is 0 Å². The average Bonchev–Trinajstić information content (AvgIpc) is 2.26. The van der Waals surface area contributed by atoms with Crippen LogP contribution < -0.4 is 0 Å². The van der Waals surface area contributed by atoms with Gasteiger partial charge >= 0.3 is 0 Å². The fourth-order valence-electron chi connectivity index (χ4n) is 1.90. The van der Waals surface area contributed by atoms with Gasteiger partial charge in [0.1, 0.15) is 0 Å². The molecule has 0 aliphatic rings. The molecule has 0 N–H and O–H groups in total. The van der Waals surface area contributed by atoms with Crippen LogP contribution in [0.25, 0.3) is 0 Å². The minimum atomic E-state index is 0.786. The van der Waals surface area contributed by atoms with Crippen LogP contribution in [-0.2, 0) is 0 Å². The summed E-state index contributed by atoms with van der Waals surface area (Å²) in [6, 6.07) is 0.786. The summed E-state index contributed by atoms with van der Waals surface area (Å²) in [5.74, 6) is 2.57. The Balaban J connectivity index is 3.80. The Morgan fingerprint density at radius 2 is 1.80 bits per heavy atom. The molecule has 0 bridgehead atoms. The van der Waals surface area contributed by atoms with Crippen LogP contribution in [0.1, 0.15) is 40.0 Å². The molecule has 92 valence electrons. The Hall–Kier alpha value is 0.790. The average molecular weight is 296 g/mol. The fourth-order valence-corrected chi connectivity index (χ4v) is 2.98. The molecular weight excluding hydrogens is 270 g/mol. The van der Waals surface area contributed by atoms with E-state index < -0.39 is 0 Å².